The number of rotatable bonds is 2. The topological polar surface area (TPSA) is 37.0 Å². The van der Waals surface area contributed by atoms with Gasteiger partial charge in [-0.1, -0.05) is 0 Å². The summed E-state index contributed by atoms with van der Waals surface area (Å²) in [4.78, 5) is 4.53. The number of thiazole rings is 1. The first kappa shape index (κ1) is 11.0. The number of benzene rings is 1. The van der Waals surface area contributed by atoms with Gasteiger partial charge in [-0.2, -0.15) is 0 Å². The third-order valence-corrected chi connectivity index (χ3v) is 4.11. The maximum atomic E-state index is 4.53. The molecule has 1 aliphatic rings. The van der Waals surface area contributed by atoms with Crippen LogP contribution in [0.2, 0.25) is 0 Å². The van der Waals surface area contributed by atoms with E-state index in [0.29, 0.717) is 6.04 Å². The number of piperidine rings is 1. The molecule has 2 aromatic rings. The molecule has 1 aromatic heterocycles. The second-order valence-electron chi connectivity index (χ2n) is 4.60. The summed E-state index contributed by atoms with van der Waals surface area (Å²) < 4.78 is 1.27. The van der Waals surface area contributed by atoms with Gasteiger partial charge in [0.05, 0.1) is 15.2 Å². The first-order valence-electron chi connectivity index (χ1n) is 6.16. The molecule has 90 valence electrons. The summed E-state index contributed by atoms with van der Waals surface area (Å²) in [5.74, 6) is 0. The molecule has 0 saturated carbocycles. The van der Waals surface area contributed by atoms with E-state index in [4.69, 9.17) is 0 Å². The van der Waals surface area contributed by atoms with Crippen LogP contribution in [0.15, 0.2) is 18.2 Å². The Hall–Kier alpha value is -1.13. The van der Waals surface area contributed by atoms with Crippen LogP contribution in [0.25, 0.3) is 10.2 Å². The summed E-state index contributed by atoms with van der Waals surface area (Å²) in [6.45, 7) is 4.28. The van der Waals surface area contributed by atoms with Crippen molar-refractivity contribution in [3.8, 4) is 0 Å². The lowest BCUT2D eigenvalue weighted by Crippen LogP contribution is -2.38. The molecule has 17 heavy (non-hydrogen) atoms. The highest BCUT2D eigenvalue weighted by Crippen LogP contribution is 2.25. The highest BCUT2D eigenvalue weighted by molar-refractivity contribution is 7.18. The average Bonchev–Trinajstić information content (AvgIpc) is 2.70. The van der Waals surface area contributed by atoms with Crippen molar-refractivity contribution in [3.63, 3.8) is 0 Å². The fourth-order valence-corrected chi connectivity index (χ4v) is 3.15. The molecule has 4 heteroatoms. The zero-order valence-corrected chi connectivity index (χ0v) is 10.8. The van der Waals surface area contributed by atoms with Gasteiger partial charge < -0.3 is 10.6 Å². The Balaban J connectivity index is 1.79. The van der Waals surface area contributed by atoms with E-state index in [2.05, 4.69) is 40.7 Å². The summed E-state index contributed by atoms with van der Waals surface area (Å²) in [5.41, 5.74) is 2.30. The summed E-state index contributed by atoms with van der Waals surface area (Å²) in [7, 11) is 0. The number of hydrogen-bond donors (Lipinski definition) is 2. The van der Waals surface area contributed by atoms with Crippen molar-refractivity contribution in [2.24, 2.45) is 0 Å². The van der Waals surface area contributed by atoms with Crippen LogP contribution in [0.5, 0.6) is 0 Å². The van der Waals surface area contributed by atoms with Gasteiger partial charge >= 0.3 is 0 Å². The molecule has 1 aliphatic heterocycles. The van der Waals surface area contributed by atoms with Gasteiger partial charge in [0.2, 0.25) is 0 Å². The highest BCUT2D eigenvalue weighted by atomic mass is 32.1. The van der Waals surface area contributed by atoms with Crippen LogP contribution in [0.3, 0.4) is 0 Å². The maximum absolute atomic E-state index is 4.53. The molecule has 1 atom stereocenters. The largest absolute Gasteiger partial charge is 0.381 e. The van der Waals surface area contributed by atoms with Crippen molar-refractivity contribution in [2.75, 3.05) is 18.4 Å². The second-order valence-corrected chi connectivity index (χ2v) is 5.84. The first-order valence-corrected chi connectivity index (χ1v) is 6.97. The van der Waals surface area contributed by atoms with E-state index in [-0.39, 0.29) is 0 Å². The molecule has 1 saturated heterocycles. The lowest BCUT2D eigenvalue weighted by atomic mass is 10.1. The normalized spacial score (nSPS) is 20.6. The fraction of sp³-hybridized carbons (Fsp3) is 0.462. The van der Waals surface area contributed by atoms with Crippen molar-refractivity contribution >= 4 is 27.2 Å². The molecule has 2 N–H and O–H groups in total. The zero-order valence-electron chi connectivity index (χ0n) is 9.99. The number of fused-ring (bicyclic) bond motifs is 1. The molecule has 0 amide bonds. The minimum atomic E-state index is 0.556. The predicted molar refractivity (Wildman–Crippen MR) is 73.9 cm³/mol. The quantitative estimate of drug-likeness (QED) is 0.857. The zero-order chi connectivity index (χ0) is 11.7. The van der Waals surface area contributed by atoms with Gasteiger partial charge in [-0.3, -0.25) is 0 Å². The van der Waals surface area contributed by atoms with Crippen LogP contribution in [0.4, 0.5) is 5.69 Å². The SMILES string of the molecule is Cc1nc2cc(NC3CCCNC3)ccc2s1. The van der Waals surface area contributed by atoms with E-state index in [1.165, 1.54) is 23.2 Å². The van der Waals surface area contributed by atoms with Crippen LogP contribution in [-0.4, -0.2) is 24.1 Å². The van der Waals surface area contributed by atoms with Crippen LogP contribution >= 0.6 is 11.3 Å². The molecular weight excluding hydrogens is 230 g/mol. The maximum Gasteiger partial charge on any atom is 0.0907 e. The third kappa shape index (κ3) is 2.42. The third-order valence-electron chi connectivity index (χ3n) is 3.16. The van der Waals surface area contributed by atoms with E-state index < -0.39 is 0 Å². The number of anilines is 1. The number of aryl methyl sites for hydroxylation is 1. The van der Waals surface area contributed by atoms with Gasteiger partial charge in [0.15, 0.2) is 0 Å². The van der Waals surface area contributed by atoms with Crippen LogP contribution in [0, 0.1) is 6.92 Å². The van der Waals surface area contributed by atoms with E-state index in [0.717, 1.165) is 23.6 Å². The number of aromatic nitrogens is 1. The molecule has 1 aromatic carbocycles. The summed E-state index contributed by atoms with van der Waals surface area (Å²) >= 11 is 1.76. The van der Waals surface area contributed by atoms with Crippen molar-refractivity contribution in [1.29, 1.82) is 0 Å². The summed E-state index contributed by atoms with van der Waals surface area (Å²) in [6.07, 6.45) is 2.51. The molecule has 0 aliphatic carbocycles. The average molecular weight is 247 g/mol. The molecular formula is C13H17N3S. The molecule has 0 bridgehead atoms. The van der Waals surface area contributed by atoms with Gasteiger partial charge in [0, 0.05) is 18.3 Å². The van der Waals surface area contributed by atoms with E-state index in [1.54, 1.807) is 11.3 Å². The van der Waals surface area contributed by atoms with Gasteiger partial charge in [0.25, 0.3) is 0 Å². The molecule has 1 fully saturated rings. The van der Waals surface area contributed by atoms with E-state index >= 15 is 0 Å². The number of nitrogens with zero attached hydrogens (tertiary/aromatic N) is 1. The Kier molecular flexibility index (Phi) is 2.99. The standard InChI is InChI=1S/C13H17N3S/c1-9-15-12-7-10(4-5-13(12)17-9)16-11-3-2-6-14-8-11/h4-5,7,11,14,16H,2-3,6,8H2,1H3. The molecule has 3 nitrogen and oxygen atoms in total. The van der Waals surface area contributed by atoms with E-state index in [1.807, 2.05) is 0 Å². The number of nitrogens with one attached hydrogen (secondary N) is 2. The van der Waals surface area contributed by atoms with Gasteiger partial charge in [-0.05, 0) is 44.5 Å². The molecule has 0 spiro atoms. The van der Waals surface area contributed by atoms with Crippen LogP contribution < -0.4 is 10.6 Å². The van der Waals surface area contributed by atoms with Gasteiger partial charge in [0.1, 0.15) is 0 Å². The van der Waals surface area contributed by atoms with Crippen molar-refractivity contribution in [1.82, 2.24) is 10.3 Å². The minimum Gasteiger partial charge on any atom is -0.381 e. The first-order chi connectivity index (χ1) is 8.31. The Labute approximate surface area is 105 Å². The lowest BCUT2D eigenvalue weighted by Gasteiger charge is -2.24. The Morgan fingerprint density at radius 2 is 2.41 bits per heavy atom. The summed E-state index contributed by atoms with van der Waals surface area (Å²) in [5, 5.41) is 8.14. The Morgan fingerprint density at radius 1 is 1.47 bits per heavy atom. The Morgan fingerprint density at radius 3 is 3.24 bits per heavy atom. The summed E-state index contributed by atoms with van der Waals surface area (Å²) in [6, 6.07) is 7.04. The monoisotopic (exact) mass is 247 g/mol. The molecule has 3 rings (SSSR count). The predicted octanol–water partition coefficient (Wildman–Crippen LogP) is 2.77. The Bertz CT molecular complexity index is 514. The van der Waals surface area contributed by atoms with Crippen LogP contribution in [-0.2, 0) is 0 Å². The second kappa shape index (κ2) is 4.63. The van der Waals surface area contributed by atoms with Crippen molar-refractivity contribution < 1.29 is 0 Å². The highest BCUT2D eigenvalue weighted by Gasteiger charge is 2.12. The fourth-order valence-electron chi connectivity index (χ4n) is 2.34. The van der Waals surface area contributed by atoms with E-state index in [9.17, 15) is 0 Å². The number of hydrogen-bond acceptors (Lipinski definition) is 4. The van der Waals surface area contributed by atoms with Crippen molar-refractivity contribution in [3.05, 3.63) is 23.2 Å². The minimum absolute atomic E-state index is 0.556. The van der Waals surface area contributed by atoms with Gasteiger partial charge in [-0.15, -0.1) is 11.3 Å². The van der Waals surface area contributed by atoms with Crippen LogP contribution in [0.1, 0.15) is 17.8 Å². The molecule has 1 unspecified atom stereocenters. The lowest BCUT2D eigenvalue weighted by molar-refractivity contribution is 0.480. The van der Waals surface area contributed by atoms with Gasteiger partial charge in [-0.25, -0.2) is 4.98 Å². The molecule has 0 radical (unpaired) electrons. The van der Waals surface area contributed by atoms with Crippen molar-refractivity contribution in [2.45, 2.75) is 25.8 Å². The molecule has 2 heterocycles. The smallest absolute Gasteiger partial charge is 0.0907 e.